The first-order chi connectivity index (χ1) is 30.7. The van der Waals surface area contributed by atoms with E-state index in [0.717, 1.165) is 74.6 Å². The lowest BCUT2D eigenvalue weighted by molar-refractivity contribution is 0.140. The lowest BCUT2D eigenvalue weighted by atomic mass is 9.99. The molecule has 6 rings (SSSR count). The van der Waals surface area contributed by atoms with Gasteiger partial charge >= 0.3 is 0 Å². The molecule has 7 N–H and O–H groups in total. The molecule has 1 fully saturated rings. The smallest absolute Gasteiger partial charge is 0.124 e. The molecule has 5 aromatic carbocycles. The molecular weight excluding hydrogens is 793 g/mol. The number of benzene rings is 5. The van der Waals surface area contributed by atoms with Gasteiger partial charge in [0.1, 0.15) is 28.7 Å². The second-order valence-electron chi connectivity index (χ2n) is 15.3. The lowest BCUT2D eigenvalue weighted by Gasteiger charge is -2.31. The summed E-state index contributed by atoms with van der Waals surface area (Å²) in [5.41, 5.74) is 4.86. The van der Waals surface area contributed by atoms with Crippen molar-refractivity contribution in [2.45, 2.75) is 25.9 Å². The molecule has 0 amide bonds. The number of nitrogens with one attached hydrogen (secondary N) is 2. The summed E-state index contributed by atoms with van der Waals surface area (Å²) in [5.74, 6) is 1.58. The molecule has 13 heteroatoms. The van der Waals surface area contributed by atoms with Gasteiger partial charge in [-0.1, -0.05) is 74.5 Å². The van der Waals surface area contributed by atoms with Crippen molar-refractivity contribution < 1.29 is 25.5 Å². The number of phenols is 5. The Hall–Kier alpha value is -6.38. The molecule has 5 aromatic rings. The van der Waals surface area contributed by atoms with E-state index in [1.54, 1.807) is 73.4 Å². The van der Waals surface area contributed by atoms with Gasteiger partial charge in [0.15, 0.2) is 0 Å². The highest BCUT2D eigenvalue weighted by molar-refractivity contribution is 5.84. The molecule has 1 aliphatic rings. The third-order valence-corrected chi connectivity index (χ3v) is 10.4. The van der Waals surface area contributed by atoms with Gasteiger partial charge in [-0.25, -0.2) is 0 Å². The van der Waals surface area contributed by atoms with Crippen LogP contribution in [-0.4, -0.2) is 139 Å². The Morgan fingerprint density at radius 1 is 0.492 bits per heavy atom. The van der Waals surface area contributed by atoms with Crippen LogP contribution < -0.4 is 10.6 Å². The van der Waals surface area contributed by atoms with Crippen LogP contribution in [0.4, 0.5) is 0 Å². The van der Waals surface area contributed by atoms with Gasteiger partial charge in [0.2, 0.25) is 0 Å². The van der Waals surface area contributed by atoms with Gasteiger partial charge in [0.25, 0.3) is 0 Å². The molecule has 63 heavy (non-hydrogen) atoms. The molecule has 0 aromatic heterocycles. The predicted molar refractivity (Wildman–Crippen MR) is 256 cm³/mol. The Morgan fingerprint density at radius 2 is 0.857 bits per heavy atom. The highest BCUT2D eigenvalue weighted by atomic mass is 16.3. The second kappa shape index (κ2) is 26.2. The van der Waals surface area contributed by atoms with Gasteiger partial charge in [-0.15, -0.1) is 0 Å². The summed E-state index contributed by atoms with van der Waals surface area (Å²) in [6.45, 7) is 13.2. The van der Waals surface area contributed by atoms with Crippen molar-refractivity contribution in [2.24, 2.45) is 20.0 Å². The molecule has 13 nitrogen and oxygen atoms in total. The van der Waals surface area contributed by atoms with Crippen LogP contribution in [0.5, 0.6) is 28.7 Å². The maximum atomic E-state index is 11.0. The molecule has 0 spiro atoms. The number of rotatable bonds is 21. The Morgan fingerprint density at radius 3 is 1.21 bits per heavy atom. The van der Waals surface area contributed by atoms with Crippen LogP contribution in [0.3, 0.4) is 0 Å². The number of para-hydroxylation sites is 4. The zero-order valence-corrected chi connectivity index (χ0v) is 36.3. The number of nitrogens with zero attached hydrogens (tertiary/aromatic N) is 6. The topological polar surface area (TPSA) is 181 Å². The van der Waals surface area contributed by atoms with Gasteiger partial charge < -0.3 is 36.2 Å². The molecule has 0 bridgehead atoms. The van der Waals surface area contributed by atoms with Crippen molar-refractivity contribution >= 4 is 24.9 Å². The number of aromatic hydroxyl groups is 5. The molecule has 332 valence electrons. The van der Waals surface area contributed by atoms with E-state index in [1.165, 1.54) is 0 Å². The summed E-state index contributed by atoms with van der Waals surface area (Å²) in [6.07, 6.45) is 6.72. The molecule has 1 saturated heterocycles. The Labute approximate surface area is 371 Å². The zero-order chi connectivity index (χ0) is 44.7. The largest absolute Gasteiger partial charge is 0.508 e. The van der Waals surface area contributed by atoms with E-state index in [4.69, 9.17) is 0 Å². The van der Waals surface area contributed by atoms with Gasteiger partial charge in [0, 0.05) is 105 Å². The van der Waals surface area contributed by atoms with E-state index in [0.29, 0.717) is 49.0 Å². The molecule has 0 unspecified atom stereocenters. The maximum absolute atomic E-state index is 11.0. The second-order valence-corrected chi connectivity index (χ2v) is 15.3. The highest BCUT2D eigenvalue weighted by Gasteiger charge is 2.34. The summed E-state index contributed by atoms with van der Waals surface area (Å²) in [6, 6.07) is 34.6. The van der Waals surface area contributed by atoms with E-state index in [-0.39, 0.29) is 29.2 Å². The minimum atomic E-state index is -0.0816. The van der Waals surface area contributed by atoms with E-state index in [1.807, 2.05) is 60.7 Å². The third kappa shape index (κ3) is 15.8. The summed E-state index contributed by atoms with van der Waals surface area (Å²) in [4.78, 5) is 22.3. The van der Waals surface area contributed by atoms with Crippen molar-refractivity contribution in [1.82, 2.24) is 20.4 Å². The van der Waals surface area contributed by atoms with Crippen molar-refractivity contribution in [3.8, 4) is 28.7 Å². The first-order valence-corrected chi connectivity index (χ1v) is 21.5. The van der Waals surface area contributed by atoms with E-state index < -0.39 is 0 Å². The monoisotopic (exact) mass is 854 g/mol. The van der Waals surface area contributed by atoms with Crippen LogP contribution in [0, 0.1) is 0 Å². The van der Waals surface area contributed by atoms with Crippen molar-refractivity contribution in [3.05, 3.63) is 149 Å². The average molecular weight is 855 g/mol. The van der Waals surface area contributed by atoms with Crippen LogP contribution in [0.2, 0.25) is 0 Å². The first kappa shape index (κ1) is 47.7. The first-order valence-electron chi connectivity index (χ1n) is 21.5. The van der Waals surface area contributed by atoms with Crippen LogP contribution in [-0.2, 0) is 0 Å². The summed E-state index contributed by atoms with van der Waals surface area (Å²) >= 11 is 0. The maximum Gasteiger partial charge on any atom is 0.124 e. The minimum absolute atomic E-state index is 0.0816. The quantitative estimate of drug-likeness (QED) is 0.0316. The normalized spacial score (nSPS) is 14.7. The summed E-state index contributed by atoms with van der Waals surface area (Å²) in [7, 11) is 0. The Kier molecular flexibility index (Phi) is 19.8. The third-order valence-electron chi connectivity index (χ3n) is 10.4. The number of phenolic OH excluding ortho intramolecular Hbond substituents is 5. The van der Waals surface area contributed by atoms with Crippen LogP contribution in [0.1, 0.15) is 59.3 Å². The van der Waals surface area contributed by atoms with Gasteiger partial charge in [-0.05, 0) is 66.1 Å². The average Bonchev–Trinajstić information content (AvgIpc) is 3.68. The van der Waals surface area contributed by atoms with E-state index in [9.17, 15) is 25.5 Å². The predicted octanol–water partition coefficient (Wildman–Crippen LogP) is 6.60. The SMILES string of the molecule is CC(C)c1ccc(C2N(CCN=Cc3ccccc3O)CCN2CCN=Cc2ccccc2O)c(O)c1.Oc1ccccc1C=NCCNCCNCCN=Cc1ccccc1O. The number of aliphatic imine (C=N–C) groups is 4. The Bertz CT molecular complexity index is 2130. The molecular formula is C50H62N8O5. The summed E-state index contributed by atoms with van der Waals surface area (Å²) < 4.78 is 0. The van der Waals surface area contributed by atoms with E-state index in [2.05, 4.69) is 60.3 Å². The van der Waals surface area contributed by atoms with Crippen LogP contribution in [0.25, 0.3) is 0 Å². The van der Waals surface area contributed by atoms with Crippen molar-refractivity contribution in [2.75, 3.05) is 78.5 Å². The molecule has 0 atom stereocenters. The number of hydrogen-bond donors (Lipinski definition) is 7. The van der Waals surface area contributed by atoms with Crippen molar-refractivity contribution in [1.29, 1.82) is 0 Å². The molecule has 1 heterocycles. The minimum Gasteiger partial charge on any atom is -0.508 e. The fraction of sp³-hybridized carbons (Fsp3) is 0.320. The highest BCUT2D eigenvalue weighted by Crippen LogP contribution is 2.36. The number of hydrogen-bond acceptors (Lipinski definition) is 13. The summed E-state index contributed by atoms with van der Waals surface area (Å²) in [5, 5.41) is 56.7. The molecule has 0 aliphatic carbocycles. The van der Waals surface area contributed by atoms with Crippen LogP contribution >= 0.6 is 0 Å². The Balaban J connectivity index is 0.000000253. The molecule has 0 saturated carbocycles. The van der Waals surface area contributed by atoms with Gasteiger partial charge in [-0.3, -0.25) is 29.8 Å². The fourth-order valence-corrected chi connectivity index (χ4v) is 6.86. The lowest BCUT2D eigenvalue weighted by Crippen LogP contribution is -2.34. The van der Waals surface area contributed by atoms with Crippen LogP contribution in [0.15, 0.2) is 135 Å². The standard InChI is InChI=1S/C30H36N4O3.C20H26N4O2/c1-22(2)23-11-12-26(29(37)19-23)30-33(15-13-31-20-24-7-3-5-9-27(24)35)17-18-34(30)16-14-32-21-25-8-4-6-10-28(25)36;25-19-7-3-1-5-17(19)15-23-13-11-21-9-10-22-12-14-24-16-18-6-2-4-8-20(18)26/h3-12,19-22,30,35-37H,13-18H2,1-2H3;1-8,15-16,21-22,25-26H,9-14H2. The van der Waals surface area contributed by atoms with Crippen molar-refractivity contribution in [3.63, 3.8) is 0 Å². The molecule has 0 radical (unpaired) electrons. The van der Waals surface area contributed by atoms with Gasteiger partial charge in [-0.2, -0.15) is 0 Å². The molecule has 1 aliphatic heterocycles. The van der Waals surface area contributed by atoms with Gasteiger partial charge in [0.05, 0.1) is 32.3 Å². The fourth-order valence-electron chi connectivity index (χ4n) is 6.86. The van der Waals surface area contributed by atoms with E-state index >= 15 is 0 Å². The zero-order valence-electron chi connectivity index (χ0n) is 36.3.